The first-order chi connectivity index (χ1) is 8.54. The standard InChI is InChI=1S/C10H19N5O3S/c1-10(2,3)13-8(16)6-15(4)19(17,18)7-5-12-14-9(7)11/h5H,6H2,1-4H3,(H,13,16)(H3,11,12,14). The van der Waals surface area contributed by atoms with E-state index in [2.05, 4.69) is 15.5 Å². The van der Waals surface area contributed by atoms with Crippen molar-refractivity contribution < 1.29 is 13.2 Å². The normalized spacial score (nSPS) is 12.7. The first-order valence-corrected chi connectivity index (χ1v) is 7.04. The van der Waals surface area contributed by atoms with Gasteiger partial charge in [0.05, 0.1) is 12.7 Å². The van der Waals surface area contributed by atoms with Crippen LogP contribution < -0.4 is 11.1 Å². The molecule has 1 amide bonds. The van der Waals surface area contributed by atoms with E-state index in [9.17, 15) is 13.2 Å². The number of rotatable bonds is 4. The predicted octanol–water partition coefficient (Wildman–Crippen LogP) is -0.473. The van der Waals surface area contributed by atoms with Gasteiger partial charge in [0.2, 0.25) is 15.9 Å². The maximum atomic E-state index is 12.1. The molecule has 1 aromatic rings. The van der Waals surface area contributed by atoms with Crippen molar-refractivity contribution in [3.05, 3.63) is 6.20 Å². The van der Waals surface area contributed by atoms with Gasteiger partial charge in [0, 0.05) is 12.6 Å². The summed E-state index contributed by atoms with van der Waals surface area (Å²) >= 11 is 0. The van der Waals surface area contributed by atoms with E-state index in [1.165, 1.54) is 7.05 Å². The van der Waals surface area contributed by atoms with Gasteiger partial charge in [-0.1, -0.05) is 0 Å². The van der Waals surface area contributed by atoms with E-state index in [0.29, 0.717) is 0 Å². The van der Waals surface area contributed by atoms with Crippen LogP contribution in [-0.4, -0.2) is 48.0 Å². The van der Waals surface area contributed by atoms with Gasteiger partial charge in [0.15, 0.2) is 0 Å². The number of H-pyrrole nitrogens is 1. The molecule has 1 rings (SSSR count). The number of sulfonamides is 1. The Hall–Kier alpha value is -1.61. The average Bonchev–Trinajstić information content (AvgIpc) is 2.61. The minimum absolute atomic E-state index is 0.0527. The lowest BCUT2D eigenvalue weighted by atomic mass is 10.1. The summed E-state index contributed by atoms with van der Waals surface area (Å²) in [6, 6.07) is 0. The van der Waals surface area contributed by atoms with Crippen LogP contribution in [0.1, 0.15) is 20.8 Å². The highest BCUT2D eigenvalue weighted by Crippen LogP contribution is 2.18. The van der Waals surface area contributed by atoms with Crippen molar-refractivity contribution >= 4 is 21.7 Å². The maximum Gasteiger partial charge on any atom is 0.248 e. The van der Waals surface area contributed by atoms with Crippen molar-refractivity contribution in [2.24, 2.45) is 0 Å². The van der Waals surface area contributed by atoms with E-state index in [4.69, 9.17) is 5.73 Å². The second-order valence-corrected chi connectivity index (χ2v) is 7.22. The molecule has 1 aromatic heterocycles. The van der Waals surface area contributed by atoms with Crippen LogP contribution in [0.4, 0.5) is 5.82 Å². The largest absolute Gasteiger partial charge is 0.383 e. The zero-order valence-electron chi connectivity index (χ0n) is 11.4. The van der Waals surface area contributed by atoms with Crippen LogP contribution in [-0.2, 0) is 14.8 Å². The zero-order valence-corrected chi connectivity index (χ0v) is 12.2. The molecule has 0 atom stereocenters. The molecule has 9 heteroatoms. The molecule has 0 saturated carbocycles. The van der Waals surface area contributed by atoms with Crippen molar-refractivity contribution in [2.45, 2.75) is 31.2 Å². The van der Waals surface area contributed by atoms with Gasteiger partial charge < -0.3 is 11.1 Å². The Kier molecular flexibility index (Phi) is 4.21. The fourth-order valence-electron chi connectivity index (χ4n) is 1.40. The highest BCUT2D eigenvalue weighted by atomic mass is 32.2. The van der Waals surface area contributed by atoms with E-state index in [1.54, 1.807) is 0 Å². The second kappa shape index (κ2) is 5.17. The van der Waals surface area contributed by atoms with E-state index >= 15 is 0 Å². The quantitative estimate of drug-likeness (QED) is 0.691. The number of nitrogens with one attached hydrogen (secondary N) is 2. The number of aromatic amines is 1. The van der Waals surface area contributed by atoms with Crippen LogP contribution in [0.5, 0.6) is 0 Å². The monoisotopic (exact) mass is 289 g/mol. The van der Waals surface area contributed by atoms with Crippen molar-refractivity contribution in [1.29, 1.82) is 0 Å². The molecule has 8 nitrogen and oxygen atoms in total. The van der Waals surface area contributed by atoms with Crippen molar-refractivity contribution in [2.75, 3.05) is 19.3 Å². The molecule has 0 aliphatic heterocycles. The summed E-state index contributed by atoms with van der Waals surface area (Å²) in [5.74, 6) is -0.441. The summed E-state index contributed by atoms with van der Waals surface area (Å²) in [4.78, 5) is 11.6. The minimum Gasteiger partial charge on any atom is -0.383 e. The molecule has 0 aliphatic carbocycles. The van der Waals surface area contributed by atoms with Gasteiger partial charge in [0.1, 0.15) is 10.7 Å². The van der Waals surface area contributed by atoms with E-state index in [0.717, 1.165) is 10.5 Å². The lowest BCUT2D eigenvalue weighted by Crippen LogP contribution is -2.46. The first kappa shape index (κ1) is 15.4. The SMILES string of the molecule is CN(CC(=O)NC(C)(C)C)S(=O)(=O)c1cn[nH]c1N. The molecular formula is C10H19N5O3S. The smallest absolute Gasteiger partial charge is 0.248 e. The molecule has 0 saturated heterocycles. The average molecular weight is 289 g/mol. The number of anilines is 1. The number of aromatic nitrogens is 2. The summed E-state index contributed by atoms with van der Waals surface area (Å²) < 4.78 is 25.2. The Morgan fingerprint density at radius 2 is 2.11 bits per heavy atom. The summed E-state index contributed by atoms with van der Waals surface area (Å²) in [5.41, 5.74) is 5.05. The fraction of sp³-hybridized carbons (Fsp3) is 0.600. The molecule has 0 aliphatic rings. The lowest BCUT2D eigenvalue weighted by molar-refractivity contribution is -0.122. The molecule has 0 bridgehead atoms. The number of hydrogen-bond acceptors (Lipinski definition) is 5. The summed E-state index contributed by atoms with van der Waals surface area (Å²) in [6.07, 6.45) is 1.11. The minimum atomic E-state index is -3.82. The Labute approximate surface area is 112 Å². The van der Waals surface area contributed by atoms with Crippen LogP contribution in [0, 0.1) is 0 Å². The second-order valence-electron chi connectivity index (χ2n) is 5.21. The van der Waals surface area contributed by atoms with Crippen LogP contribution >= 0.6 is 0 Å². The lowest BCUT2D eigenvalue weighted by Gasteiger charge is -2.23. The number of amides is 1. The number of nitrogens with zero attached hydrogens (tertiary/aromatic N) is 2. The van der Waals surface area contributed by atoms with Crippen LogP contribution in [0.2, 0.25) is 0 Å². The zero-order chi connectivity index (χ0) is 14.8. The van der Waals surface area contributed by atoms with E-state index in [1.807, 2.05) is 20.8 Å². The van der Waals surface area contributed by atoms with Gasteiger partial charge in [0.25, 0.3) is 0 Å². The molecule has 19 heavy (non-hydrogen) atoms. The van der Waals surface area contributed by atoms with Gasteiger partial charge in [-0.3, -0.25) is 9.89 Å². The van der Waals surface area contributed by atoms with Gasteiger partial charge in [-0.05, 0) is 20.8 Å². The third-order valence-electron chi connectivity index (χ3n) is 2.20. The molecule has 4 N–H and O–H groups in total. The number of nitrogens with two attached hydrogens (primary N) is 1. The first-order valence-electron chi connectivity index (χ1n) is 5.60. The van der Waals surface area contributed by atoms with Gasteiger partial charge in [-0.2, -0.15) is 9.40 Å². The maximum absolute atomic E-state index is 12.1. The van der Waals surface area contributed by atoms with Crippen molar-refractivity contribution in [3.8, 4) is 0 Å². The Morgan fingerprint density at radius 1 is 1.53 bits per heavy atom. The molecule has 108 valence electrons. The number of carbonyl (C=O) groups excluding carboxylic acids is 1. The predicted molar refractivity (Wildman–Crippen MR) is 70.7 cm³/mol. The van der Waals surface area contributed by atoms with Crippen molar-refractivity contribution in [1.82, 2.24) is 19.8 Å². The van der Waals surface area contributed by atoms with Crippen molar-refractivity contribution in [3.63, 3.8) is 0 Å². The number of likely N-dealkylation sites (N-methyl/N-ethyl adjacent to an activating group) is 1. The van der Waals surface area contributed by atoms with Crippen LogP contribution in [0.15, 0.2) is 11.1 Å². The molecule has 0 radical (unpaired) electrons. The van der Waals surface area contributed by atoms with Crippen LogP contribution in [0.25, 0.3) is 0 Å². The molecule has 0 aromatic carbocycles. The van der Waals surface area contributed by atoms with Gasteiger partial charge >= 0.3 is 0 Å². The van der Waals surface area contributed by atoms with E-state index in [-0.39, 0.29) is 23.2 Å². The number of hydrogen-bond donors (Lipinski definition) is 3. The molecule has 1 heterocycles. The highest BCUT2D eigenvalue weighted by molar-refractivity contribution is 7.89. The summed E-state index contributed by atoms with van der Waals surface area (Å²) in [7, 11) is -2.51. The summed E-state index contributed by atoms with van der Waals surface area (Å²) in [5, 5.41) is 8.58. The molecule has 0 spiro atoms. The highest BCUT2D eigenvalue weighted by Gasteiger charge is 2.27. The van der Waals surface area contributed by atoms with Gasteiger partial charge in [-0.15, -0.1) is 0 Å². The Balaban J connectivity index is 2.82. The Bertz CT molecular complexity index is 558. The van der Waals surface area contributed by atoms with E-state index < -0.39 is 15.6 Å². The fourth-order valence-corrected chi connectivity index (χ4v) is 2.54. The number of nitrogen functional groups attached to an aromatic ring is 1. The third kappa shape index (κ3) is 3.93. The Morgan fingerprint density at radius 3 is 2.53 bits per heavy atom. The third-order valence-corrected chi connectivity index (χ3v) is 4.03. The summed E-state index contributed by atoms with van der Waals surface area (Å²) in [6.45, 7) is 5.15. The topological polar surface area (TPSA) is 121 Å². The number of carbonyl (C=O) groups is 1. The molecule has 0 unspecified atom stereocenters. The van der Waals surface area contributed by atoms with Gasteiger partial charge in [-0.25, -0.2) is 8.42 Å². The molecular weight excluding hydrogens is 270 g/mol. The van der Waals surface area contributed by atoms with Crippen LogP contribution in [0.3, 0.4) is 0 Å². The molecule has 0 fully saturated rings.